The summed E-state index contributed by atoms with van der Waals surface area (Å²) in [4.78, 5) is 0. The molecule has 36 heavy (non-hydrogen) atoms. The topological polar surface area (TPSA) is 0 Å². The standard InChI is InChI=1S/4C9H12/c4*1-7-5-8-3-2-4-9(8)6-7/h4*5H,2-4,6H2,1H3. The van der Waals surface area contributed by atoms with Crippen molar-refractivity contribution in [1.82, 2.24) is 0 Å². The molecule has 0 saturated carbocycles. The van der Waals surface area contributed by atoms with E-state index in [4.69, 9.17) is 0 Å². The van der Waals surface area contributed by atoms with Crippen LogP contribution in [0.25, 0.3) is 0 Å². The summed E-state index contributed by atoms with van der Waals surface area (Å²) in [5.74, 6) is 0. The Kier molecular flexibility index (Phi) is 8.19. The molecule has 0 fully saturated rings. The second-order valence-electron chi connectivity index (χ2n) is 12.6. The maximum atomic E-state index is 2.38. The molecule has 0 aromatic rings. The zero-order valence-corrected chi connectivity index (χ0v) is 23.6. The Hall–Kier alpha value is -2.08. The van der Waals surface area contributed by atoms with E-state index < -0.39 is 0 Å². The number of rotatable bonds is 0. The third-order valence-electron chi connectivity index (χ3n) is 9.17. The Morgan fingerprint density at radius 2 is 0.556 bits per heavy atom. The van der Waals surface area contributed by atoms with Crippen molar-refractivity contribution in [2.45, 2.75) is 130 Å². The van der Waals surface area contributed by atoms with Gasteiger partial charge in [0.15, 0.2) is 0 Å². The molecule has 0 saturated heterocycles. The average Bonchev–Trinajstić information content (AvgIpc) is 3.60. The van der Waals surface area contributed by atoms with Crippen LogP contribution in [0.2, 0.25) is 0 Å². The van der Waals surface area contributed by atoms with Gasteiger partial charge in [-0.2, -0.15) is 0 Å². The van der Waals surface area contributed by atoms with Gasteiger partial charge in [0, 0.05) is 0 Å². The summed E-state index contributed by atoms with van der Waals surface area (Å²) in [6.07, 6.45) is 31.2. The molecule has 0 unspecified atom stereocenters. The first-order valence-electron chi connectivity index (χ1n) is 15.0. The van der Waals surface area contributed by atoms with E-state index in [1.165, 1.54) is 103 Å². The minimum absolute atomic E-state index is 1.29. The number of hydrogen-bond acceptors (Lipinski definition) is 0. The van der Waals surface area contributed by atoms with Gasteiger partial charge in [-0.15, -0.1) is 0 Å². The van der Waals surface area contributed by atoms with Gasteiger partial charge in [0.25, 0.3) is 0 Å². The van der Waals surface area contributed by atoms with Crippen molar-refractivity contribution in [2.24, 2.45) is 0 Å². The normalized spacial score (nSPS) is 24.8. The van der Waals surface area contributed by atoms with Gasteiger partial charge >= 0.3 is 0 Å². The lowest BCUT2D eigenvalue weighted by Crippen LogP contribution is -1.74. The third kappa shape index (κ3) is 6.24. The summed E-state index contributed by atoms with van der Waals surface area (Å²) < 4.78 is 0. The summed E-state index contributed by atoms with van der Waals surface area (Å²) in [6.45, 7) is 8.94. The molecule has 8 aliphatic rings. The summed E-state index contributed by atoms with van der Waals surface area (Å²) in [5.41, 5.74) is 19.8. The second kappa shape index (κ2) is 11.5. The highest BCUT2D eigenvalue weighted by Crippen LogP contribution is 2.39. The van der Waals surface area contributed by atoms with Crippen molar-refractivity contribution in [3.05, 3.63) is 91.2 Å². The average molecular weight is 481 g/mol. The molecule has 0 aromatic carbocycles. The summed E-state index contributed by atoms with van der Waals surface area (Å²) >= 11 is 0. The lowest BCUT2D eigenvalue weighted by atomic mass is 10.1. The minimum atomic E-state index is 1.29. The van der Waals surface area contributed by atoms with Crippen LogP contribution in [0.1, 0.15) is 130 Å². The van der Waals surface area contributed by atoms with E-state index in [1.54, 1.807) is 66.9 Å². The van der Waals surface area contributed by atoms with E-state index in [-0.39, 0.29) is 0 Å². The van der Waals surface area contributed by atoms with E-state index in [0.717, 1.165) is 0 Å². The Morgan fingerprint density at radius 3 is 0.750 bits per heavy atom. The highest BCUT2D eigenvalue weighted by molar-refractivity contribution is 5.42. The molecule has 0 N–H and O–H groups in total. The van der Waals surface area contributed by atoms with Crippen LogP contribution in [0.3, 0.4) is 0 Å². The molecule has 0 spiro atoms. The monoisotopic (exact) mass is 480 g/mol. The minimum Gasteiger partial charge on any atom is -0.0690 e. The molecule has 0 amide bonds. The highest BCUT2D eigenvalue weighted by atomic mass is 14.2. The number of allylic oxidation sites excluding steroid dienone is 16. The zero-order chi connectivity index (χ0) is 25.1. The molecule has 0 heterocycles. The van der Waals surface area contributed by atoms with Crippen LogP contribution in [-0.4, -0.2) is 0 Å². The van der Waals surface area contributed by atoms with Crippen LogP contribution in [0.4, 0.5) is 0 Å². The van der Waals surface area contributed by atoms with Crippen molar-refractivity contribution in [3.8, 4) is 0 Å². The van der Waals surface area contributed by atoms with Crippen molar-refractivity contribution in [2.75, 3.05) is 0 Å². The lowest BCUT2D eigenvalue weighted by Gasteiger charge is -1.93. The van der Waals surface area contributed by atoms with Gasteiger partial charge in [-0.3, -0.25) is 0 Å². The van der Waals surface area contributed by atoms with Crippen LogP contribution in [0, 0.1) is 0 Å². The Bertz CT molecular complexity index is 960. The molecule has 8 aliphatic carbocycles. The second-order valence-corrected chi connectivity index (χ2v) is 12.6. The van der Waals surface area contributed by atoms with E-state index in [0.29, 0.717) is 0 Å². The number of hydrogen-bond donors (Lipinski definition) is 0. The van der Waals surface area contributed by atoms with Crippen LogP contribution in [0.15, 0.2) is 91.2 Å². The van der Waals surface area contributed by atoms with Crippen molar-refractivity contribution in [1.29, 1.82) is 0 Å². The highest BCUT2D eigenvalue weighted by Gasteiger charge is 2.19. The zero-order valence-electron chi connectivity index (χ0n) is 23.6. The fourth-order valence-corrected chi connectivity index (χ4v) is 7.56. The summed E-state index contributed by atoms with van der Waals surface area (Å²) in [6, 6.07) is 0. The van der Waals surface area contributed by atoms with Crippen LogP contribution in [0.5, 0.6) is 0 Å². The van der Waals surface area contributed by atoms with E-state index in [9.17, 15) is 0 Å². The smallest absolute Gasteiger partial charge is 0.0102 e. The Labute approximate surface area is 221 Å². The van der Waals surface area contributed by atoms with Gasteiger partial charge in [0.2, 0.25) is 0 Å². The van der Waals surface area contributed by atoms with E-state index in [1.807, 2.05) is 0 Å². The largest absolute Gasteiger partial charge is 0.0690 e. The van der Waals surface area contributed by atoms with E-state index in [2.05, 4.69) is 52.0 Å². The molecule has 0 heteroatoms. The van der Waals surface area contributed by atoms with Crippen molar-refractivity contribution >= 4 is 0 Å². The molecule has 0 atom stereocenters. The maximum Gasteiger partial charge on any atom is -0.0102 e. The first kappa shape index (κ1) is 25.6. The summed E-state index contributed by atoms with van der Waals surface area (Å²) in [7, 11) is 0. The molecule has 0 aliphatic heterocycles. The van der Waals surface area contributed by atoms with Gasteiger partial charge in [-0.1, -0.05) is 68.9 Å². The maximum absolute atomic E-state index is 2.38. The SMILES string of the molecule is CC1=CC2=C(CCC2)C1.CC1=CC2=C(CCC2)C1.CC1=CC2=C(CCC2)C1.CC1=CC2=C(CCC2)C1. The van der Waals surface area contributed by atoms with Gasteiger partial charge in [0.05, 0.1) is 0 Å². The molecule has 0 bridgehead atoms. The first-order chi connectivity index (χ1) is 17.4. The van der Waals surface area contributed by atoms with Gasteiger partial charge < -0.3 is 0 Å². The molecule has 0 aromatic heterocycles. The van der Waals surface area contributed by atoms with Crippen molar-refractivity contribution < 1.29 is 0 Å². The van der Waals surface area contributed by atoms with Crippen LogP contribution < -0.4 is 0 Å². The van der Waals surface area contributed by atoms with Gasteiger partial charge in [0.1, 0.15) is 0 Å². The fourth-order valence-electron chi connectivity index (χ4n) is 7.56. The molecule has 0 nitrogen and oxygen atoms in total. The molecular formula is C36H48. The van der Waals surface area contributed by atoms with Gasteiger partial charge in [-0.05, 0) is 153 Å². The fraction of sp³-hybridized carbons (Fsp3) is 0.556. The first-order valence-corrected chi connectivity index (χ1v) is 15.0. The van der Waals surface area contributed by atoms with E-state index >= 15 is 0 Å². The Balaban J connectivity index is 0.0000000988. The predicted molar refractivity (Wildman–Crippen MR) is 157 cm³/mol. The quantitative estimate of drug-likeness (QED) is 0.323. The molecular weight excluding hydrogens is 432 g/mol. The molecule has 8 rings (SSSR count). The van der Waals surface area contributed by atoms with Crippen LogP contribution in [-0.2, 0) is 0 Å². The van der Waals surface area contributed by atoms with Crippen LogP contribution >= 0.6 is 0 Å². The third-order valence-corrected chi connectivity index (χ3v) is 9.17. The Morgan fingerprint density at radius 1 is 0.333 bits per heavy atom. The molecule has 0 radical (unpaired) electrons. The van der Waals surface area contributed by atoms with Gasteiger partial charge in [-0.25, -0.2) is 0 Å². The lowest BCUT2D eigenvalue weighted by molar-refractivity contribution is 0.872. The van der Waals surface area contributed by atoms with Crippen molar-refractivity contribution in [3.63, 3.8) is 0 Å². The molecule has 192 valence electrons. The summed E-state index contributed by atoms with van der Waals surface area (Å²) in [5, 5.41) is 0. The predicted octanol–water partition coefficient (Wildman–Crippen LogP) is 11.3.